The molecule has 1 rings (SSSR count). The highest BCUT2D eigenvalue weighted by molar-refractivity contribution is 7.27. The second kappa shape index (κ2) is 3.63. The van der Waals surface area contributed by atoms with Crippen molar-refractivity contribution < 1.29 is 0 Å². The maximum Gasteiger partial charge on any atom is -0.0302 e. The Morgan fingerprint density at radius 3 is 1.89 bits per heavy atom. The molecule has 0 saturated carbocycles. The molecular formula is C8H13P. The Balaban J connectivity index is 0.000000640. The molecule has 0 bridgehead atoms. The SMILES string of the molecule is C.Cc1ccc(P)cc1. The Bertz CT molecular complexity index is 143. The van der Waals surface area contributed by atoms with Crippen molar-refractivity contribution in [2.45, 2.75) is 14.4 Å². The lowest BCUT2D eigenvalue weighted by atomic mass is 10.2. The quantitative estimate of drug-likeness (QED) is 0.484. The zero-order valence-corrected chi connectivity index (χ0v) is 6.04. The first-order chi connectivity index (χ1) is 3.79. The molecule has 1 atom stereocenters. The summed E-state index contributed by atoms with van der Waals surface area (Å²) in [7, 11) is 2.65. The van der Waals surface area contributed by atoms with Crippen LogP contribution in [0.25, 0.3) is 0 Å². The van der Waals surface area contributed by atoms with Gasteiger partial charge in [0.05, 0.1) is 0 Å². The zero-order valence-electron chi connectivity index (χ0n) is 4.89. The fourth-order valence-corrected chi connectivity index (χ4v) is 0.759. The topological polar surface area (TPSA) is 0 Å². The Labute approximate surface area is 59.5 Å². The molecule has 0 aliphatic rings. The van der Waals surface area contributed by atoms with Crippen LogP contribution in [0.15, 0.2) is 24.3 Å². The Morgan fingerprint density at radius 2 is 1.56 bits per heavy atom. The minimum atomic E-state index is 0. The Hall–Kier alpha value is -0.350. The van der Waals surface area contributed by atoms with E-state index >= 15 is 0 Å². The molecule has 0 aromatic heterocycles. The maximum atomic E-state index is 2.65. The number of benzene rings is 1. The van der Waals surface area contributed by atoms with Crippen molar-refractivity contribution in [1.82, 2.24) is 0 Å². The third kappa shape index (κ3) is 2.62. The van der Waals surface area contributed by atoms with Gasteiger partial charge in [0.15, 0.2) is 0 Å². The summed E-state index contributed by atoms with van der Waals surface area (Å²) in [4.78, 5) is 0. The maximum absolute atomic E-state index is 2.65. The molecule has 0 amide bonds. The summed E-state index contributed by atoms with van der Waals surface area (Å²) in [6.45, 7) is 2.09. The molecule has 1 heteroatoms. The van der Waals surface area contributed by atoms with Gasteiger partial charge in [0.1, 0.15) is 0 Å². The van der Waals surface area contributed by atoms with Gasteiger partial charge >= 0.3 is 0 Å². The molecule has 0 aliphatic heterocycles. The highest BCUT2D eigenvalue weighted by Gasteiger charge is 1.79. The van der Waals surface area contributed by atoms with E-state index in [1.807, 2.05) is 0 Å². The summed E-state index contributed by atoms with van der Waals surface area (Å²) < 4.78 is 0. The van der Waals surface area contributed by atoms with Crippen molar-refractivity contribution in [2.24, 2.45) is 0 Å². The number of aryl methyl sites for hydroxylation is 1. The number of hydrogen-bond donors (Lipinski definition) is 0. The smallest absolute Gasteiger partial charge is 0.0302 e. The monoisotopic (exact) mass is 140 g/mol. The average molecular weight is 140 g/mol. The molecule has 0 N–H and O–H groups in total. The molecule has 1 unspecified atom stereocenters. The normalized spacial score (nSPS) is 8.22. The van der Waals surface area contributed by atoms with E-state index in [1.165, 1.54) is 10.9 Å². The van der Waals surface area contributed by atoms with Crippen LogP contribution >= 0.6 is 9.24 Å². The molecule has 1 aromatic rings. The third-order valence-corrected chi connectivity index (χ3v) is 1.46. The van der Waals surface area contributed by atoms with Gasteiger partial charge in [-0.1, -0.05) is 37.3 Å². The lowest BCUT2D eigenvalue weighted by Crippen LogP contribution is -1.85. The highest BCUT2D eigenvalue weighted by atomic mass is 31.0. The van der Waals surface area contributed by atoms with E-state index in [1.54, 1.807) is 0 Å². The van der Waals surface area contributed by atoms with Crippen LogP contribution in [0, 0.1) is 6.92 Å². The highest BCUT2D eigenvalue weighted by Crippen LogP contribution is 1.94. The molecule has 0 aliphatic carbocycles. The summed E-state index contributed by atoms with van der Waals surface area (Å²) >= 11 is 0. The summed E-state index contributed by atoms with van der Waals surface area (Å²) in [6.07, 6.45) is 0. The van der Waals surface area contributed by atoms with Crippen LogP contribution in [0.1, 0.15) is 13.0 Å². The average Bonchev–Trinajstić information content (AvgIpc) is 1.77. The molecule has 0 fully saturated rings. The van der Waals surface area contributed by atoms with E-state index in [-0.39, 0.29) is 7.43 Å². The van der Waals surface area contributed by atoms with Crippen molar-refractivity contribution in [3.05, 3.63) is 29.8 Å². The van der Waals surface area contributed by atoms with E-state index < -0.39 is 0 Å². The van der Waals surface area contributed by atoms with E-state index in [0.717, 1.165) is 0 Å². The van der Waals surface area contributed by atoms with Crippen LogP contribution in [0.2, 0.25) is 0 Å². The van der Waals surface area contributed by atoms with Crippen LogP contribution in [0.5, 0.6) is 0 Å². The molecule has 0 nitrogen and oxygen atoms in total. The summed E-state index contributed by atoms with van der Waals surface area (Å²) in [5, 5.41) is 1.25. The van der Waals surface area contributed by atoms with Gasteiger partial charge < -0.3 is 0 Å². The summed E-state index contributed by atoms with van der Waals surface area (Å²) in [5.74, 6) is 0. The Morgan fingerprint density at radius 1 is 1.11 bits per heavy atom. The molecule has 0 radical (unpaired) electrons. The summed E-state index contributed by atoms with van der Waals surface area (Å²) in [5.41, 5.74) is 1.32. The van der Waals surface area contributed by atoms with Gasteiger partial charge in [-0.25, -0.2) is 0 Å². The van der Waals surface area contributed by atoms with Crippen molar-refractivity contribution in [2.75, 3.05) is 0 Å². The largest absolute Gasteiger partial charge is 0.106 e. The van der Waals surface area contributed by atoms with E-state index in [9.17, 15) is 0 Å². The Kier molecular flexibility index (Phi) is 3.49. The van der Waals surface area contributed by atoms with Gasteiger partial charge in [0.2, 0.25) is 0 Å². The molecule has 0 heterocycles. The fourth-order valence-electron chi connectivity index (χ4n) is 0.566. The second-order valence-electron chi connectivity index (χ2n) is 1.91. The predicted molar refractivity (Wildman–Crippen MR) is 47.3 cm³/mol. The van der Waals surface area contributed by atoms with Gasteiger partial charge in [0, 0.05) is 0 Å². The van der Waals surface area contributed by atoms with E-state index in [2.05, 4.69) is 40.4 Å². The van der Waals surface area contributed by atoms with E-state index in [0.29, 0.717) is 0 Å². The molecule has 50 valence electrons. The zero-order chi connectivity index (χ0) is 5.98. The molecule has 0 saturated heterocycles. The van der Waals surface area contributed by atoms with Crippen LogP contribution in [-0.2, 0) is 0 Å². The van der Waals surface area contributed by atoms with Crippen molar-refractivity contribution >= 4 is 14.5 Å². The second-order valence-corrected chi connectivity index (χ2v) is 2.58. The third-order valence-electron chi connectivity index (χ3n) is 1.08. The minimum Gasteiger partial charge on any atom is -0.106 e. The van der Waals surface area contributed by atoms with Crippen LogP contribution in [0.4, 0.5) is 0 Å². The van der Waals surface area contributed by atoms with Gasteiger partial charge in [-0.2, -0.15) is 0 Å². The minimum absolute atomic E-state index is 0. The van der Waals surface area contributed by atoms with Crippen molar-refractivity contribution in [3.8, 4) is 0 Å². The van der Waals surface area contributed by atoms with Crippen LogP contribution in [0.3, 0.4) is 0 Å². The van der Waals surface area contributed by atoms with Gasteiger partial charge in [-0.15, -0.1) is 9.24 Å². The first kappa shape index (κ1) is 8.65. The molecule has 1 aromatic carbocycles. The lowest BCUT2D eigenvalue weighted by Gasteiger charge is -1.89. The molecule has 0 spiro atoms. The fraction of sp³-hybridized carbons (Fsp3) is 0.250. The first-order valence-corrected chi connectivity index (χ1v) is 3.19. The molecule has 9 heavy (non-hydrogen) atoms. The molecular weight excluding hydrogens is 127 g/mol. The van der Waals surface area contributed by atoms with Crippen molar-refractivity contribution in [3.63, 3.8) is 0 Å². The van der Waals surface area contributed by atoms with Crippen LogP contribution in [-0.4, -0.2) is 0 Å². The lowest BCUT2D eigenvalue weighted by molar-refractivity contribution is 1.49. The number of hydrogen-bond acceptors (Lipinski definition) is 0. The number of rotatable bonds is 0. The van der Waals surface area contributed by atoms with Gasteiger partial charge in [-0.05, 0) is 12.2 Å². The first-order valence-electron chi connectivity index (χ1n) is 2.61. The van der Waals surface area contributed by atoms with Gasteiger partial charge in [0.25, 0.3) is 0 Å². The predicted octanol–water partition coefficient (Wildman–Crippen LogP) is 2.13. The standard InChI is InChI=1S/C7H9P.CH4/c1-6-2-4-7(8)5-3-6;/h2-5H,8H2,1H3;1H4. The van der Waals surface area contributed by atoms with E-state index in [4.69, 9.17) is 0 Å². The summed E-state index contributed by atoms with van der Waals surface area (Å²) in [6, 6.07) is 8.37. The van der Waals surface area contributed by atoms with Crippen molar-refractivity contribution in [1.29, 1.82) is 0 Å². The van der Waals surface area contributed by atoms with Gasteiger partial charge in [-0.3, -0.25) is 0 Å². The van der Waals surface area contributed by atoms with Crippen LogP contribution < -0.4 is 5.30 Å².